The molecule has 11 heavy (non-hydrogen) atoms. The SMILES string of the molecule is Oc1cccn2nc(Br)nc12. The molecule has 0 bridgehead atoms. The zero-order valence-electron chi connectivity index (χ0n) is 5.40. The molecule has 2 aromatic heterocycles. The summed E-state index contributed by atoms with van der Waals surface area (Å²) in [6.45, 7) is 0. The van der Waals surface area contributed by atoms with Gasteiger partial charge in [0.05, 0.1) is 0 Å². The van der Waals surface area contributed by atoms with Crippen LogP contribution in [-0.2, 0) is 0 Å². The Kier molecular flexibility index (Phi) is 1.32. The number of nitrogens with zero attached hydrogens (tertiary/aromatic N) is 3. The van der Waals surface area contributed by atoms with Crippen LogP contribution in [0.4, 0.5) is 0 Å². The van der Waals surface area contributed by atoms with Crippen LogP contribution >= 0.6 is 15.9 Å². The summed E-state index contributed by atoms with van der Waals surface area (Å²) in [5.74, 6) is 0.130. The Balaban J connectivity index is 2.90. The zero-order valence-corrected chi connectivity index (χ0v) is 6.98. The summed E-state index contributed by atoms with van der Waals surface area (Å²) in [5, 5.41) is 13.2. The molecule has 1 N–H and O–H groups in total. The van der Waals surface area contributed by atoms with Crippen LogP contribution in [0.15, 0.2) is 23.1 Å². The van der Waals surface area contributed by atoms with Crippen molar-refractivity contribution in [1.82, 2.24) is 14.6 Å². The highest BCUT2D eigenvalue weighted by molar-refractivity contribution is 9.10. The molecule has 0 aromatic carbocycles. The van der Waals surface area contributed by atoms with Crippen LogP contribution in [0.25, 0.3) is 5.65 Å². The van der Waals surface area contributed by atoms with Gasteiger partial charge in [0.25, 0.3) is 0 Å². The largest absolute Gasteiger partial charge is 0.504 e. The van der Waals surface area contributed by atoms with Crippen molar-refractivity contribution < 1.29 is 5.11 Å². The summed E-state index contributed by atoms with van der Waals surface area (Å²) in [6, 6.07) is 3.26. The fourth-order valence-electron chi connectivity index (χ4n) is 0.866. The average Bonchev–Trinajstić information content (AvgIpc) is 2.31. The molecule has 0 saturated carbocycles. The third kappa shape index (κ3) is 0.970. The highest BCUT2D eigenvalue weighted by atomic mass is 79.9. The molecule has 0 aliphatic rings. The summed E-state index contributed by atoms with van der Waals surface area (Å²) in [4.78, 5) is 3.93. The van der Waals surface area contributed by atoms with Gasteiger partial charge in [0.15, 0.2) is 11.4 Å². The molecule has 0 aliphatic carbocycles. The van der Waals surface area contributed by atoms with Crippen LogP contribution in [0.3, 0.4) is 0 Å². The first kappa shape index (κ1) is 6.60. The van der Waals surface area contributed by atoms with E-state index in [1.165, 1.54) is 4.52 Å². The number of halogens is 1. The molecule has 5 heteroatoms. The number of fused-ring (bicyclic) bond motifs is 1. The summed E-state index contributed by atoms with van der Waals surface area (Å²) >= 11 is 3.10. The van der Waals surface area contributed by atoms with Gasteiger partial charge in [-0.05, 0) is 28.1 Å². The molecule has 0 unspecified atom stereocenters. The second-order valence-electron chi connectivity index (χ2n) is 2.04. The Bertz CT molecular complexity index is 398. The highest BCUT2D eigenvalue weighted by Crippen LogP contribution is 2.16. The van der Waals surface area contributed by atoms with Gasteiger partial charge in [-0.25, -0.2) is 4.52 Å². The van der Waals surface area contributed by atoms with Gasteiger partial charge in [-0.3, -0.25) is 0 Å². The standard InChI is InChI=1S/C6H4BrN3O/c7-6-8-5-4(11)2-1-3-10(5)9-6/h1-3,11H. The number of aromatic hydroxyl groups is 1. The fourth-order valence-corrected chi connectivity index (χ4v) is 1.20. The predicted molar refractivity (Wildman–Crippen MR) is 42.4 cm³/mol. The molecule has 0 spiro atoms. The molecule has 0 atom stereocenters. The lowest BCUT2D eigenvalue weighted by Crippen LogP contribution is -1.84. The van der Waals surface area contributed by atoms with E-state index in [1.54, 1.807) is 18.3 Å². The number of hydrogen-bond acceptors (Lipinski definition) is 3. The molecule has 0 fully saturated rings. The van der Waals surface area contributed by atoms with Crippen molar-refractivity contribution in [3.63, 3.8) is 0 Å². The second kappa shape index (κ2) is 2.20. The van der Waals surface area contributed by atoms with E-state index in [0.717, 1.165) is 0 Å². The van der Waals surface area contributed by atoms with Gasteiger partial charge in [-0.2, -0.15) is 4.98 Å². The highest BCUT2D eigenvalue weighted by Gasteiger charge is 2.02. The van der Waals surface area contributed by atoms with Crippen molar-refractivity contribution in [1.29, 1.82) is 0 Å². The van der Waals surface area contributed by atoms with Gasteiger partial charge in [0.2, 0.25) is 4.73 Å². The number of pyridine rings is 1. The van der Waals surface area contributed by atoms with E-state index in [0.29, 0.717) is 10.4 Å². The third-order valence-corrected chi connectivity index (χ3v) is 1.65. The molecule has 0 aliphatic heterocycles. The van der Waals surface area contributed by atoms with Gasteiger partial charge < -0.3 is 5.11 Å². The molecule has 2 rings (SSSR count). The topological polar surface area (TPSA) is 50.4 Å². The Morgan fingerprint density at radius 1 is 1.55 bits per heavy atom. The van der Waals surface area contributed by atoms with E-state index in [2.05, 4.69) is 26.0 Å². The summed E-state index contributed by atoms with van der Waals surface area (Å²) in [6.07, 6.45) is 1.72. The maximum absolute atomic E-state index is 9.24. The molecule has 56 valence electrons. The normalized spacial score (nSPS) is 10.6. The summed E-state index contributed by atoms with van der Waals surface area (Å²) in [5.41, 5.74) is 0.458. The van der Waals surface area contributed by atoms with Crippen LogP contribution in [0.1, 0.15) is 0 Å². The van der Waals surface area contributed by atoms with Crippen molar-refractivity contribution in [3.05, 3.63) is 23.1 Å². The van der Waals surface area contributed by atoms with Gasteiger partial charge in [-0.15, -0.1) is 5.10 Å². The lowest BCUT2D eigenvalue weighted by atomic mass is 10.4. The molecular weight excluding hydrogens is 210 g/mol. The van der Waals surface area contributed by atoms with E-state index in [1.807, 2.05) is 0 Å². The molecule has 0 radical (unpaired) electrons. The van der Waals surface area contributed by atoms with Gasteiger partial charge >= 0.3 is 0 Å². The maximum atomic E-state index is 9.24. The van der Waals surface area contributed by atoms with Crippen LogP contribution < -0.4 is 0 Å². The molecule has 4 nitrogen and oxygen atoms in total. The Morgan fingerprint density at radius 2 is 2.36 bits per heavy atom. The van der Waals surface area contributed by atoms with E-state index in [4.69, 9.17) is 0 Å². The van der Waals surface area contributed by atoms with Gasteiger partial charge in [0.1, 0.15) is 0 Å². The monoisotopic (exact) mass is 213 g/mol. The minimum absolute atomic E-state index is 0.130. The van der Waals surface area contributed by atoms with Gasteiger partial charge in [-0.1, -0.05) is 0 Å². The molecule has 2 aromatic rings. The minimum atomic E-state index is 0.130. The van der Waals surface area contributed by atoms with Crippen LogP contribution in [-0.4, -0.2) is 19.7 Å². The molecule has 2 heterocycles. The van der Waals surface area contributed by atoms with Crippen molar-refractivity contribution in [2.75, 3.05) is 0 Å². The number of aromatic nitrogens is 3. The first-order valence-corrected chi connectivity index (χ1v) is 3.76. The van der Waals surface area contributed by atoms with E-state index >= 15 is 0 Å². The maximum Gasteiger partial charge on any atom is 0.218 e. The first-order chi connectivity index (χ1) is 5.27. The Morgan fingerprint density at radius 3 is 3.09 bits per heavy atom. The minimum Gasteiger partial charge on any atom is -0.504 e. The average molecular weight is 214 g/mol. The van der Waals surface area contributed by atoms with Crippen molar-refractivity contribution >= 4 is 21.6 Å². The number of rotatable bonds is 0. The molecule has 0 amide bonds. The van der Waals surface area contributed by atoms with E-state index in [9.17, 15) is 5.11 Å². The second-order valence-corrected chi connectivity index (χ2v) is 2.75. The molecular formula is C6H4BrN3O. The quantitative estimate of drug-likeness (QED) is 0.716. The smallest absolute Gasteiger partial charge is 0.218 e. The van der Waals surface area contributed by atoms with Crippen molar-refractivity contribution in [2.24, 2.45) is 0 Å². The Hall–Kier alpha value is -1.10. The zero-order chi connectivity index (χ0) is 7.84. The van der Waals surface area contributed by atoms with Crippen LogP contribution in [0.5, 0.6) is 5.75 Å². The molecule has 0 saturated heterocycles. The van der Waals surface area contributed by atoms with Gasteiger partial charge in [0, 0.05) is 6.20 Å². The van der Waals surface area contributed by atoms with Crippen LogP contribution in [0, 0.1) is 0 Å². The fraction of sp³-hybridized carbons (Fsp3) is 0. The van der Waals surface area contributed by atoms with Crippen LogP contribution in [0.2, 0.25) is 0 Å². The predicted octanol–water partition coefficient (Wildman–Crippen LogP) is 1.20. The number of hydrogen-bond donors (Lipinski definition) is 1. The van der Waals surface area contributed by atoms with E-state index < -0.39 is 0 Å². The first-order valence-electron chi connectivity index (χ1n) is 2.97. The lowest BCUT2D eigenvalue weighted by molar-refractivity contribution is 0.477. The van der Waals surface area contributed by atoms with Crippen molar-refractivity contribution in [3.8, 4) is 5.75 Å². The third-order valence-electron chi connectivity index (χ3n) is 1.32. The summed E-state index contributed by atoms with van der Waals surface area (Å²) < 4.78 is 1.97. The Labute approximate surface area is 70.6 Å². The van der Waals surface area contributed by atoms with Crippen molar-refractivity contribution in [2.45, 2.75) is 0 Å². The lowest BCUT2D eigenvalue weighted by Gasteiger charge is -1.91. The summed E-state index contributed by atoms with van der Waals surface area (Å²) in [7, 11) is 0. The van der Waals surface area contributed by atoms with E-state index in [-0.39, 0.29) is 5.75 Å².